The van der Waals surface area contributed by atoms with Gasteiger partial charge in [0.1, 0.15) is 17.4 Å². The van der Waals surface area contributed by atoms with Crippen LogP contribution in [0.4, 0.5) is 4.39 Å². The molecule has 0 N–H and O–H groups in total. The van der Waals surface area contributed by atoms with Gasteiger partial charge in [-0.2, -0.15) is 0 Å². The van der Waals surface area contributed by atoms with E-state index in [2.05, 4.69) is 4.98 Å². The number of aryl methyl sites for hydroxylation is 1. The van der Waals surface area contributed by atoms with Gasteiger partial charge in [0.25, 0.3) is 0 Å². The van der Waals surface area contributed by atoms with Gasteiger partial charge in [-0.3, -0.25) is 0 Å². The minimum atomic E-state index is -0.246. The maximum Gasteiger partial charge on any atom is 0.140 e. The summed E-state index contributed by atoms with van der Waals surface area (Å²) in [6, 6.07) is 12.1. The van der Waals surface area contributed by atoms with Gasteiger partial charge in [0, 0.05) is 18.7 Å². The Morgan fingerprint density at radius 3 is 2.53 bits per heavy atom. The predicted molar refractivity (Wildman–Crippen MR) is 72.7 cm³/mol. The van der Waals surface area contributed by atoms with Crippen LogP contribution < -0.4 is 4.74 Å². The number of benzene rings is 2. The van der Waals surface area contributed by atoms with Crippen molar-refractivity contribution in [2.24, 2.45) is 7.05 Å². The Kier molecular flexibility index (Phi) is 2.71. The summed E-state index contributed by atoms with van der Waals surface area (Å²) in [5.41, 5.74) is 2.76. The maximum absolute atomic E-state index is 13.0. The average Bonchev–Trinajstić information content (AvgIpc) is 2.76. The molecule has 4 heteroatoms. The molecule has 3 rings (SSSR count). The molecule has 0 atom stereocenters. The van der Waals surface area contributed by atoms with Gasteiger partial charge in [0.15, 0.2) is 0 Å². The summed E-state index contributed by atoms with van der Waals surface area (Å²) in [6.45, 7) is 0. The topological polar surface area (TPSA) is 27.1 Å². The molecule has 0 radical (unpaired) electrons. The molecule has 0 saturated heterocycles. The zero-order valence-corrected chi connectivity index (χ0v) is 10.7. The number of hydrogen-bond acceptors (Lipinski definition) is 2. The van der Waals surface area contributed by atoms with E-state index in [1.165, 1.54) is 12.1 Å². The standard InChI is InChI=1S/C15H13FN2O/c1-18-14-9-12(19-2)7-8-13(14)17-15(18)10-3-5-11(16)6-4-10/h3-9H,1-2H3. The zero-order valence-electron chi connectivity index (χ0n) is 10.7. The van der Waals surface area contributed by atoms with Crippen LogP contribution in [0.5, 0.6) is 5.75 Å². The van der Waals surface area contributed by atoms with E-state index in [0.717, 1.165) is 28.2 Å². The van der Waals surface area contributed by atoms with Crippen molar-refractivity contribution < 1.29 is 9.13 Å². The van der Waals surface area contributed by atoms with Crippen molar-refractivity contribution in [3.63, 3.8) is 0 Å². The van der Waals surface area contributed by atoms with Crippen molar-refractivity contribution in [3.8, 4) is 17.1 Å². The summed E-state index contributed by atoms with van der Waals surface area (Å²) in [6.07, 6.45) is 0. The Balaban J connectivity index is 2.19. The first-order valence-corrected chi connectivity index (χ1v) is 5.95. The van der Waals surface area contributed by atoms with Crippen molar-refractivity contribution in [1.82, 2.24) is 9.55 Å². The summed E-state index contributed by atoms with van der Waals surface area (Å²) < 4.78 is 20.2. The van der Waals surface area contributed by atoms with Gasteiger partial charge >= 0.3 is 0 Å². The molecule has 0 aliphatic carbocycles. The number of ether oxygens (including phenoxy) is 1. The van der Waals surface area contributed by atoms with Crippen molar-refractivity contribution >= 4 is 11.0 Å². The van der Waals surface area contributed by atoms with Crippen LogP contribution in [0.25, 0.3) is 22.4 Å². The second-order valence-electron chi connectivity index (χ2n) is 4.36. The fourth-order valence-electron chi connectivity index (χ4n) is 2.15. The molecule has 0 saturated carbocycles. The molecule has 3 aromatic rings. The first kappa shape index (κ1) is 11.7. The highest BCUT2D eigenvalue weighted by Crippen LogP contribution is 2.26. The minimum Gasteiger partial charge on any atom is -0.497 e. The number of aromatic nitrogens is 2. The van der Waals surface area contributed by atoms with E-state index in [1.807, 2.05) is 29.8 Å². The molecular weight excluding hydrogens is 243 g/mol. The summed E-state index contributed by atoms with van der Waals surface area (Å²) in [5.74, 6) is 1.36. The van der Waals surface area contributed by atoms with Crippen molar-refractivity contribution in [3.05, 3.63) is 48.3 Å². The lowest BCUT2D eigenvalue weighted by atomic mass is 10.2. The van der Waals surface area contributed by atoms with Gasteiger partial charge in [0.2, 0.25) is 0 Å². The molecule has 0 amide bonds. The van der Waals surface area contributed by atoms with E-state index in [1.54, 1.807) is 19.2 Å². The molecule has 3 nitrogen and oxygen atoms in total. The smallest absolute Gasteiger partial charge is 0.140 e. The second kappa shape index (κ2) is 4.39. The third-order valence-electron chi connectivity index (χ3n) is 3.19. The number of rotatable bonds is 2. The summed E-state index contributed by atoms with van der Waals surface area (Å²) in [7, 11) is 3.58. The number of imidazole rings is 1. The van der Waals surface area contributed by atoms with E-state index >= 15 is 0 Å². The number of methoxy groups -OCH3 is 1. The van der Waals surface area contributed by atoms with Crippen molar-refractivity contribution in [2.75, 3.05) is 7.11 Å². The molecule has 1 heterocycles. The number of halogens is 1. The first-order chi connectivity index (χ1) is 9.19. The Bertz CT molecular complexity index is 732. The highest BCUT2D eigenvalue weighted by molar-refractivity contribution is 5.81. The van der Waals surface area contributed by atoms with Crippen LogP contribution in [0.3, 0.4) is 0 Å². The second-order valence-corrected chi connectivity index (χ2v) is 4.36. The highest BCUT2D eigenvalue weighted by atomic mass is 19.1. The van der Waals surface area contributed by atoms with Gasteiger partial charge in [-0.25, -0.2) is 9.37 Å². The third kappa shape index (κ3) is 1.95. The van der Waals surface area contributed by atoms with Gasteiger partial charge < -0.3 is 9.30 Å². The Hall–Kier alpha value is -2.36. The maximum atomic E-state index is 13.0. The number of hydrogen-bond donors (Lipinski definition) is 0. The first-order valence-electron chi connectivity index (χ1n) is 5.95. The lowest BCUT2D eigenvalue weighted by Gasteiger charge is -2.03. The van der Waals surface area contributed by atoms with Crippen LogP contribution in [0, 0.1) is 5.82 Å². The molecule has 0 spiro atoms. The van der Waals surface area contributed by atoms with Gasteiger partial charge in [-0.1, -0.05) is 0 Å². The minimum absolute atomic E-state index is 0.246. The largest absolute Gasteiger partial charge is 0.497 e. The number of nitrogens with zero attached hydrogens (tertiary/aromatic N) is 2. The van der Waals surface area contributed by atoms with E-state index in [4.69, 9.17) is 4.74 Å². The molecule has 0 aliphatic heterocycles. The Labute approximate surface area is 110 Å². The van der Waals surface area contributed by atoms with Gasteiger partial charge in [-0.15, -0.1) is 0 Å². The summed E-state index contributed by atoms with van der Waals surface area (Å²) in [4.78, 5) is 4.57. The SMILES string of the molecule is COc1ccc2nc(-c3ccc(F)cc3)n(C)c2c1. The van der Waals surface area contributed by atoms with Gasteiger partial charge in [0.05, 0.1) is 18.1 Å². The fourth-order valence-corrected chi connectivity index (χ4v) is 2.15. The van der Waals surface area contributed by atoms with E-state index < -0.39 is 0 Å². The van der Waals surface area contributed by atoms with Crippen molar-refractivity contribution in [2.45, 2.75) is 0 Å². The Morgan fingerprint density at radius 2 is 1.84 bits per heavy atom. The summed E-state index contributed by atoms with van der Waals surface area (Å²) >= 11 is 0. The van der Waals surface area contributed by atoms with Crippen LogP contribution in [0.15, 0.2) is 42.5 Å². The molecule has 19 heavy (non-hydrogen) atoms. The zero-order chi connectivity index (χ0) is 13.4. The molecule has 96 valence electrons. The average molecular weight is 256 g/mol. The molecule has 0 aliphatic rings. The Morgan fingerprint density at radius 1 is 1.11 bits per heavy atom. The lowest BCUT2D eigenvalue weighted by molar-refractivity contribution is 0.415. The quantitative estimate of drug-likeness (QED) is 0.702. The monoisotopic (exact) mass is 256 g/mol. The van der Waals surface area contributed by atoms with Crippen LogP contribution >= 0.6 is 0 Å². The molecular formula is C15H13FN2O. The highest BCUT2D eigenvalue weighted by Gasteiger charge is 2.10. The van der Waals surface area contributed by atoms with Crippen LogP contribution in [-0.4, -0.2) is 16.7 Å². The van der Waals surface area contributed by atoms with Gasteiger partial charge in [-0.05, 0) is 36.4 Å². The van der Waals surface area contributed by atoms with E-state index in [9.17, 15) is 4.39 Å². The molecule has 1 aromatic heterocycles. The fraction of sp³-hybridized carbons (Fsp3) is 0.133. The lowest BCUT2D eigenvalue weighted by Crippen LogP contribution is -1.92. The molecule has 2 aromatic carbocycles. The molecule has 0 fully saturated rings. The molecule has 0 bridgehead atoms. The van der Waals surface area contributed by atoms with E-state index in [0.29, 0.717) is 0 Å². The van der Waals surface area contributed by atoms with Crippen molar-refractivity contribution in [1.29, 1.82) is 0 Å². The van der Waals surface area contributed by atoms with Crippen LogP contribution in [0.2, 0.25) is 0 Å². The molecule has 0 unspecified atom stereocenters. The van der Waals surface area contributed by atoms with E-state index in [-0.39, 0.29) is 5.82 Å². The predicted octanol–water partition coefficient (Wildman–Crippen LogP) is 3.39. The third-order valence-corrected chi connectivity index (χ3v) is 3.19. The van der Waals surface area contributed by atoms with Crippen LogP contribution in [-0.2, 0) is 7.05 Å². The normalized spacial score (nSPS) is 10.9. The number of fused-ring (bicyclic) bond motifs is 1. The summed E-state index contributed by atoms with van der Waals surface area (Å²) in [5, 5.41) is 0. The van der Waals surface area contributed by atoms with Crippen LogP contribution in [0.1, 0.15) is 0 Å².